The summed E-state index contributed by atoms with van der Waals surface area (Å²) in [6, 6.07) is 2.83. The maximum atomic E-state index is 13.0. The Morgan fingerprint density at radius 1 is 1.55 bits per heavy atom. The van der Waals surface area contributed by atoms with Crippen molar-refractivity contribution in [1.82, 2.24) is 0 Å². The van der Waals surface area contributed by atoms with Crippen LogP contribution in [0.15, 0.2) is 16.6 Å². The first-order valence-electron chi connectivity index (χ1n) is 3.02. The molecule has 0 unspecified atom stereocenters. The van der Waals surface area contributed by atoms with E-state index < -0.39 is 5.82 Å². The number of phenolic OH excluding ortho intramolecular Hbond substituents is 1. The van der Waals surface area contributed by atoms with Crippen LogP contribution >= 0.6 is 15.9 Å². The highest BCUT2D eigenvalue weighted by molar-refractivity contribution is 9.10. The Balaban J connectivity index is 3.29. The van der Waals surface area contributed by atoms with E-state index in [1.165, 1.54) is 12.1 Å². The molecule has 1 aromatic rings. The minimum Gasteiger partial charge on any atom is -0.508 e. The predicted molar refractivity (Wildman–Crippen MR) is 43.7 cm³/mol. The van der Waals surface area contributed by atoms with Crippen molar-refractivity contribution in [2.24, 2.45) is 5.73 Å². The fraction of sp³-hybridized carbons (Fsp3) is 0.143. The minimum absolute atomic E-state index is 0.00287. The van der Waals surface area contributed by atoms with Crippen LogP contribution in [0.5, 0.6) is 5.75 Å². The summed E-state index contributed by atoms with van der Waals surface area (Å²) in [5.41, 5.74) is 5.34. The third kappa shape index (κ3) is 1.52. The van der Waals surface area contributed by atoms with Crippen LogP contribution < -0.4 is 5.73 Å². The number of nitrogens with two attached hydrogens (primary N) is 1. The Kier molecular flexibility index (Phi) is 2.46. The highest BCUT2D eigenvalue weighted by Gasteiger charge is 2.08. The standard InChI is InChI=1S/C7H7BrFNO/c8-5-1-2-6(11)4(3-10)7(5)9/h1-2,11H,3,10H2. The summed E-state index contributed by atoms with van der Waals surface area (Å²) in [7, 11) is 0. The fourth-order valence-corrected chi connectivity index (χ4v) is 1.15. The van der Waals surface area contributed by atoms with Crippen molar-refractivity contribution in [3.05, 3.63) is 28.0 Å². The fourth-order valence-electron chi connectivity index (χ4n) is 0.777. The molecule has 0 aliphatic rings. The van der Waals surface area contributed by atoms with Crippen molar-refractivity contribution < 1.29 is 9.50 Å². The van der Waals surface area contributed by atoms with Gasteiger partial charge in [0.05, 0.1) is 4.47 Å². The van der Waals surface area contributed by atoms with Crippen LogP contribution in [0.3, 0.4) is 0 Å². The van der Waals surface area contributed by atoms with Gasteiger partial charge < -0.3 is 10.8 Å². The first-order valence-corrected chi connectivity index (χ1v) is 3.82. The molecule has 0 amide bonds. The molecule has 0 spiro atoms. The van der Waals surface area contributed by atoms with E-state index in [0.29, 0.717) is 4.47 Å². The second kappa shape index (κ2) is 3.19. The van der Waals surface area contributed by atoms with Crippen LogP contribution in [0.1, 0.15) is 5.56 Å². The molecule has 4 heteroatoms. The third-order valence-corrected chi connectivity index (χ3v) is 1.99. The zero-order chi connectivity index (χ0) is 8.43. The summed E-state index contributed by atoms with van der Waals surface area (Å²) < 4.78 is 13.3. The molecule has 0 aliphatic carbocycles. The molecule has 1 aromatic carbocycles. The van der Waals surface area contributed by atoms with E-state index in [4.69, 9.17) is 10.8 Å². The molecule has 0 aromatic heterocycles. The van der Waals surface area contributed by atoms with Crippen LogP contribution in [0.25, 0.3) is 0 Å². The zero-order valence-electron chi connectivity index (χ0n) is 5.64. The van der Waals surface area contributed by atoms with E-state index in [9.17, 15) is 4.39 Å². The van der Waals surface area contributed by atoms with E-state index in [2.05, 4.69) is 15.9 Å². The molecule has 11 heavy (non-hydrogen) atoms. The topological polar surface area (TPSA) is 46.2 Å². The monoisotopic (exact) mass is 219 g/mol. The second-order valence-corrected chi connectivity index (χ2v) is 2.92. The molecule has 1 rings (SSSR count). The smallest absolute Gasteiger partial charge is 0.145 e. The first kappa shape index (κ1) is 8.49. The van der Waals surface area contributed by atoms with Crippen LogP contribution in [0.4, 0.5) is 4.39 Å². The summed E-state index contributed by atoms with van der Waals surface area (Å²) in [6.45, 7) is -0.00287. The molecule has 2 nitrogen and oxygen atoms in total. The van der Waals surface area contributed by atoms with Crippen LogP contribution in [0.2, 0.25) is 0 Å². The molecular weight excluding hydrogens is 213 g/mol. The predicted octanol–water partition coefficient (Wildman–Crippen LogP) is 1.75. The average Bonchev–Trinajstić information content (AvgIpc) is 1.99. The number of hydrogen-bond acceptors (Lipinski definition) is 2. The summed E-state index contributed by atoms with van der Waals surface area (Å²) in [6.07, 6.45) is 0. The van der Waals surface area contributed by atoms with Gasteiger partial charge in [0.2, 0.25) is 0 Å². The molecule has 0 radical (unpaired) electrons. The van der Waals surface area contributed by atoms with Gasteiger partial charge in [-0.25, -0.2) is 4.39 Å². The second-order valence-electron chi connectivity index (χ2n) is 2.06. The zero-order valence-corrected chi connectivity index (χ0v) is 7.23. The van der Waals surface area contributed by atoms with Crippen molar-refractivity contribution in [2.45, 2.75) is 6.54 Å². The molecular formula is C7H7BrFNO. The number of phenols is 1. The van der Waals surface area contributed by atoms with E-state index in [1.54, 1.807) is 0 Å². The molecule has 0 saturated carbocycles. The Bertz CT molecular complexity index is 277. The van der Waals surface area contributed by atoms with Gasteiger partial charge in [-0.2, -0.15) is 0 Å². The maximum Gasteiger partial charge on any atom is 0.145 e. The molecule has 60 valence electrons. The normalized spacial score (nSPS) is 10.1. The largest absolute Gasteiger partial charge is 0.508 e. The lowest BCUT2D eigenvalue weighted by Crippen LogP contribution is -2.00. The molecule has 0 heterocycles. The lowest BCUT2D eigenvalue weighted by atomic mass is 10.2. The molecule has 0 saturated heterocycles. The number of benzene rings is 1. The Hall–Kier alpha value is -0.610. The lowest BCUT2D eigenvalue weighted by molar-refractivity contribution is 0.458. The summed E-state index contributed by atoms with van der Waals surface area (Å²) >= 11 is 2.98. The number of aromatic hydroxyl groups is 1. The van der Waals surface area contributed by atoms with Crippen molar-refractivity contribution in [3.63, 3.8) is 0 Å². The number of rotatable bonds is 1. The minimum atomic E-state index is -0.493. The number of hydrogen-bond donors (Lipinski definition) is 2. The van der Waals surface area contributed by atoms with Gasteiger partial charge in [-0.1, -0.05) is 0 Å². The van der Waals surface area contributed by atoms with E-state index in [0.717, 1.165) is 0 Å². The van der Waals surface area contributed by atoms with E-state index in [1.807, 2.05) is 0 Å². The van der Waals surface area contributed by atoms with Gasteiger partial charge >= 0.3 is 0 Å². The van der Waals surface area contributed by atoms with Crippen molar-refractivity contribution in [1.29, 1.82) is 0 Å². The average molecular weight is 220 g/mol. The van der Waals surface area contributed by atoms with Gasteiger partial charge in [0.25, 0.3) is 0 Å². The molecule has 0 aliphatic heterocycles. The summed E-state index contributed by atoms with van der Waals surface area (Å²) in [5, 5.41) is 9.07. The quantitative estimate of drug-likeness (QED) is 0.757. The highest BCUT2D eigenvalue weighted by atomic mass is 79.9. The first-order chi connectivity index (χ1) is 5.16. The van der Waals surface area contributed by atoms with Gasteiger partial charge in [0.1, 0.15) is 11.6 Å². The highest BCUT2D eigenvalue weighted by Crippen LogP contribution is 2.25. The Morgan fingerprint density at radius 2 is 2.18 bits per heavy atom. The molecule has 0 bridgehead atoms. The van der Waals surface area contributed by atoms with Crippen molar-refractivity contribution in [3.8, 4) is 5.75 Å². The molecule has 0 atom stereocenters. The Morgan fingerprint density at radius 3 is 2.64 bits per heavy atom. The van der Waals surface area contributed by atoms with Crippen LogP contribution in [-0.4, -0.2) is 5.11 Å². The van der Waals surface area contributed by atoms with Gasteiger partial charge in [-0.15, -0.1) is 0 Å². The van der Waals surface area contributed by atoms with Gasteiger partial charge in [-0.05, 0) is 28.1 Å². The SMILES string of the molecule is NCc1c(O)ccc(Br)c1F. The number of halogens is 2. The molecule has 3 N–H and O–H groups in total. The van der Waals surface area contributed by atoms with E-state index in [-0.39, 0.29) is 17.9 Å². The Labute approximate surface area is 72.0 Å². The summed E-state index contributed by atoms with van der Waals surface area (Å²) in [5.74, 6) is -0.597. The van der Waals surface area contributed by atoms with Crippen LogP contribution in [-0.2, 0) is 6.54 Å². The molecule has 0 fully saturated rings. The van der Waals surface area contributed by atoms with Gasteiger partial charge in [0, 0.05) is 12.1 Å². The van der Waals surface area contributed by atoms with Gasteiger partial charge in [0.15, 0.2) is 0 Å². The maximum absolute atomic E-state index is 13.0. The van der Waals surface area contributed by atoms with Gasteiger partial charge in [-0.3, -0.25) is 0 Å². The van der Waals surface area contributed by atoms with Crippen molar-refractivity contribution >= 4 is 15.9 Å². The summed E-state index contributed by atoms with van der Waals surface area (Å²) in [4.78, 5) is 0. The van der Waals surface area contributed by atoms with Crippen molar-refractivity contribution in [2.75, 3.05) is 0 Å². The lowest BCUT2D eigenvalue weighted by Gasteiger charge is -2.03. The van der Waals surface area contributed by atoms with E-state index >= 15 is 0 Å². The van der Waals surface area contributed by atoms with Crippen LogP contribution in [0, 0.1) is 5.82 Å². The third-order valence-electron chi connectivity index (χ3n) is 1.38.